The Hall–Kier alpha value is -1.69. The molecule has 1 heterocycles. The van der Waals surface area contributed by atoms with E-state index in [2.05, 4.69) is 0 Å². The van der Waals surface area contributed by atoms with Crippen molar-refractivity contribution in [2.24, 2.45) is 0 Å². The number of amides is 1. The van der Waals surface area contributed by atoms with Gasteiger partial charge >= 0.3 is 0 Å². The van der Waals surface area contributed by atoms with Crippen molar-refractivity contribution in [3.63, 3.8) is 0 Å². The SMILES string of the molecule is CC[C@H]1COCCN1C(=O)c1c(F)cc(OC)cc1F. The molecule has 0 aliphatic carbocycles. The van der Waals surface area contributed by atoms with Crippen molar-refractivity contribution in [1.29, 1.82) is 0 Å². The van der Waals surface area contributed by atoms with Crippen LogP contribution in [0.2, 0.25) is 0 Å². The first-order valence-corrected chi connectivity index (χ1v) is 6.50. The number of hydrogen-bond acceptors (Lipinski definition) is 3. The third kappa shape index (κ3) is 2.75. The third-order valence-electron chi connectivity index (χ3n) is 3.42. The normalized spacial score (nSPS) is 19.0. The van der Waals surface area contributed by atoms with E-state index in [0.29, 0.717) is 26.2 Å². The maximum absolute atomic E-state index is 13.9. The molecule has 0 spiro atoms. The summed E-state index contributed by atoms with van der Waals surface area (Å²) in [6.07, 6.45) is 0.672. The Morgan fingerprint density at radius 3 is 2.65 bits per heavy atom. The van der Waals surface area contributed by atoms with Crippen LogP contribution in [-0.4, -0.2) is 43.7 Å². The van der Waals surface area contributed by atoms with Crippen molar-refractivity contribution in [2.75, 3.05) is 26.9 Å². The summed E-state index contributed by atoms with van der Waals surface area (Å²) in [4.78, 5) is 13.8. The molecule has 0 bridgehead atoms. The molecule has 0 aromatic heterocycles. The van der Waals surface area contributed by atoms with Crippen LogP contribution in [0.15, 0.2) is 12.1 Å². The Kier molecular flexibility index (Phi) is 4.54. The molecule has 110 valence electrons. The fourth-order valence-electron chi connectivity index (χ4n) is 2.28. The second-order valence-corrected chi connectivity index (χ2v) is 4.60. The first kappa shape index (κ1) is 14.7. The number of morpholine rings is 1. The van der Waals surface area contributed by atoms with E-state index < -0.39 is 23.1 Å². The van der Waals surface area contributed by atoms with Gasteiger partial charge in [-0.25, -0.2) is 8.78 Å². The maximum atomic E-state index is 13.9. The van der Waals surface area contributed by atoms with Crippen LogP contribution in [0.3, 0.4) is 0 Å². The van der Waals surface area contributed by atoms with Gasteiger partial charge in [-0.15, -0.1) is 0 Å². The van der Waals surface area contributed by atoms with E-state index in [1.807, 2.05) is 6.92 Å². The first-order valence-electron chi connectivity index (χ1n) is 6.50. The van der Waals surface area contributed by atoms with Crippen molar-refractivity contribution >= 4 is 5.91 Å². The summed E-state index contributed by atoms with van der Waals surface area (Å²) in [7, 11) is 1.31. The van der Waals surface area contributed by atoms with Crippen LogP contribution in [0.1, 0.15) is 23.7 Å². The van der Waals surface area contributed by atoms with E-state index in [9.17, 15) is 13.6 Å². The molecule has 1 saturated heterocycles. The van der Waals surface area contributed by atoms with Crippen molar-refractivity contribution in [2.45, 2.75) is 19.4 Å². The van der Waals surface area contributed by atoms with E-state index in [-0.39, 0.29) is 11.8 Å². The zero-order valence-corrected chi connectivity index (χ0v) is 11.5. The predicted octanol–water partition coefficient (Wildman–Crippen LogP) is 2.22. The average molecular weight is 285 g/mol. The molecule has 4 nitrogen and oxygen atoms in total. The number of halogens is 2. The average Bonchev–Trinajstić information content (AvgIpc) is 2.46. The minimum Gasteiger partial charge on any atom is -0.497 e. The molecule has 1 atom stereocenters. The van der Waals surface area contributed by atoms with Gasteiger partial charge in [-0.05, 0) is 6.42 Å². The molecule has 1 aromatic carbocycles. The predicted molar refractivity (Wildman–Crippen MR) is 68.8 cm³/mol. The molecule has 1 aliphatic heterocycles. The summed E-state index contributed by atoms with van der Waals surface area (Å²) in [6, 6.07) is 1.87. The van der Waals surface area contributed by atoms with Crippen molar-refractivity contribution in [3.8, 4) is 5.75 Å². The minimum atomic E-state index is -0.909. The van der Waals surface area contributed by atoms with Crippen LogP contribution in [0.5, 0.6) is 5.75 Å². The van der Waals surface area contributed by atoms with Gasteiger partial charge in [0, 0.05) is 18.7 Å². The lowest BCUT2D eigenvalue weighted by Gasteiger charge is -2.35. The monoisotopic (exact) mass is 285 g/mol. The molecule has 1 aliphatic rings. The molecule has 2 rings (SSSR count). The largest absolute Gasteiger partial charge is 0.497 e. The van der Waals surface area contributed by atoms with Gasteiger partial charge < -0.3 is 14.4 Å². The summed E-state index contributed by atoms with van der Waals surface area (Å²) >= 11 is 0. The van der Waals surface area contributed by atoms with Crippen molar-refractivity contribution in [1.82, 2.24) is 4.90 Å². The Bertz CT molecular complexity index is 484. The Morgan fingerprint density at radius 1 is 1.45 bits per heavy atom. The lowest BCUT2D eigenvalue weighted by atomic mass is 10.1. The number of carbonyl (C=O) groups is 1. The number of hydrogen-bond donors (Lipinski definition) is 0. The van der Waals surface area contributed by atoms with E-state index in [1.54, 1.807) is 0 Å². The van der Waals surface area contributed by atoms with E-state index in [1.165, 1.54) is 12.0 Å². The van der Waals surface area contributed by atoms with Crippen molar-refractivity contribution < 1.29 is 23.0 Å². The molecule has 0 radical (unpaired) electrons. The standard InChI is InChI=1S/C14H17F2NO3/c1-3-9-8-20-5-4-17(9)14(18)13-11(15)6-10(19-2)7-12(13)16/h6-7,9H,3-5,8H2,1-2H3/t9-/m0/s1. The van der Waals surface area contributed by atoms with Crippen LogP contribution in [-0.2, 0) is 4.74 Å². The molecule has 0 unspecified atom stereocenters. The summed E-state index contributed by atoms with van der Waals surface area (Å²) in [5.74, 6) is -2.41. The highest BCUT2D eigenvalue weighted by molar-refractivity contribution is 5.95. The number of carbonyl (C=O) groups excluding carboxylic acids is 1. The number of ether oxygens (including phenoxy) is 2. The zero-order valence-electron chi connectivity index (χ0n) is 11.5. The highest BCUT2D eigenvalue weighted by Gasteiger charge is 2.30. The van der Waals surface area contributed by atoms with Crippen molar-refractivity contribution in [3.05, 3.63) is 29.3 Å². The highest BCUT2D eigenvalue weighted by Crippen LogP contribution is 2.23. The van der Waals surface area contributed by atoms with Gasteiger partial charge in [-0.1, -0.05) is 6.92 Å². The molecule has 0 saturated carbocycles. The highest BCUT2D eigenvalue weighted by atomic mass is 19.1. The maximum Gasteiger partial charge on any atom is 0.260 e. The van der Waals surface area contributed by atoms with Gasteiger partial charge in [0.15, 0.2) is 0 Å². The zero-order chi connectivity index (χ0) is 14.7. The molecule has 1 aromatic rings. The quantitative estimate of drug-likeness (QED) is 0.855. The molecule has 1 fully saturated rings. The number of rotatable bonds is 3. The summed E-state index contributed by atoms with van der Waals surface area (Å²) in [5.41, 5.74) is -0.536. The molecular formula is C14H17F2NO3. The summed E-state index contributed by atoms with van der Waals surface area (Å²) < 4.78 is 37.9. The van der Waals surface area contributed by atoms with Crippen LogP contribution in [0.25, 0.3) is 0 Å². The lowest BCUT2D eigenvalue weighted by molar-refractivity contribution is -0.00328. The Balaban J connectivity index is 2.33. The van der Waals surface area contributed by atoms with Gasteiger partial charge in [0.25, 0.3) is 5.91 Å². The van der Waals surface area contributed by atoms with Crippen LogP contribution in [0, 0.1) is 11.6 Å². The second kappa shape index (κ2) is 6.17. The smallest absolute Gasteiger partial charge is 0.260 e. The van der Waals surface area contributed by atoms with Gasteiger partial charge in [-0.3, -0.25) is 4.79 Å². The number of benzene rings is 1. The summed E-state index contributed by atoms with van der Waals surface area (Å²) in [5, 5.41) is 0. The fraction of sp³-hybridized carbons (Fsp3) is 0.500. The number of methoxy groups -OCH3 is 1. The van der Waals surface area contributed by atoms with Crippen LogP contribution >= 0.6 is 0 Å². The Labute approximate surface area is 116 Å². The van der Waals surface area contributed by atoms with Gasteiger partial charge in [-0.2, -0.15) is 0 Å². The van der Waals surface area contributed by atoms with Crippen LogP contribution in [0.4, 0.5) is 8.78 Å². The molecular weight excluding hydrogens is 268 g/mol. The lowest BCUT2D eigenvalue weighted by Crippen LogP contribution is -2.48. The number of nitrogens with zero attached hydrogens (tertiary/aromatic N) is 1. The van der Waals surface area contributed by atoms with E-state index in [0.717, 1.165) is 12.1 Å². The van der Waals surface area contributed by atoms with Crippen LogP contribution < -0.4 is 4.74 Å². The third-order valence-corrected chi connectivity index (χ3v) is 3.42. The molecule has 1 amide bonds. The minimum absolute atomic E-state index is 0.0468. The van der Waals surface area contributed by atoms with Gasteiger partial charge in [0.05, 0.1) is 26.4 Å². The second-order valence-electron chi connectivity index (χ2n) is 4.60. The van der Waals surface area contributed by atoms with Gasteiger partial charge in [0.1, 0.15) is 22.9 Å². The summed E-state index contributed by atoms with van der Waals surface area (Å²) in [6.45, 7) is 3.01. The first-order chi connectivity index (χ1) is 9.58. The molecule has 6 heteroatoms. The van der Waals surface area contributed by atoms with Gasteiger partial charge in [0.2, 0.25) is 0 Å². The fourth-order valence-corrected chi connectivity index (χ4v) is 2.28. The molecule has 20 heavy (non-hydrogen) atoms. The molecule has 0 N–H and O–H groups in total. The topological polar surface area (TPSA) is 38.8 Å². The van der Waals surface area contributed by atoms with E-state index >= 15 is 0 Å². The Morgan fingerprint density at radius 2 is 2.10 bits per heavy atom. The van der Waals surface area contributed by atoms with E-state index in [4.69, 9.17) is 9.47 Å².